The highest BCUT2D eigenvalue weighted by Gasteiger charge is 2.17. The smallest absolute Gasteiger partial charge is 0.303 e. The number of hydrogen-bond acceptors (Lipinski definition) is 5. The van der Waals surface area contributed by atoms with Gasteiger partial charge in [-0.3, -0.25) is 4.79 Å². The summed E-state index contributed by atoms with van der Waals surface area (Å²) in [5.74, 6) is -0.974. The molecule has 1 unspecified atom stereocenters. The lowest BCUT2D eigenvalue weighted by Gasteiger charge is -2.15. The summed E-state index contributed by atoms with van der Waals surface area (Å²) in [5, 5.41) is 27.3. The summed E-state index contributed by atoms with van der Waals surface area (Å²) in [6.07, 6.45) is 0.0562. The number of aromatic hydroxyl groups is 1. The lowest BCUT2D eigenvalue weighted by Crippen LogP contribution is -2.13. The second-order valence-electron chi connectivity index (χ2n) is 3.77. The van der Waals surface area contributed by atoms with Crippen LogP contribution in [0.15, 0.2) is 12.1 Å². The first-order valence-electron chi connectivity index (χ1n) is 5.28. The molecule has 0 aliphatic heterocycles. The second kappa shape index (κ2) is 5.89. The molecule has 0 aromatic heterocycles. The number of phenolic OH excluding ortho intramolecular Hbond substituents is 1. The minimum Gasteiger partial charge on any atom is -0.504 e. The number of hydrogen-bond donors (Lipinski definition) is 3. The number of rotatable bonds is 5. The number of nitrogens with zero attached hydrogens (tertiary/aromatic N) is 1. The lowest BCUT2D eigenvalue weighted by atomic mass is 9.99. The van der Waals surface area contributed by atoms with E-state index in [0.717, 1.165) is 0 Å². The van der Waals surface area contributed by atoms with Crippen LogP contribution in [-0.4, -0.2) is 23.3 Å². The number of benzene rings is 1. The highest BCUT2D eigenvalue weighted by molar-refractivity contribution is 5.66. The van der Waals surface area contributed by atoms with Crippen LogP contribution in [0.2, 0.25) is 0 Å². The number of carboxylic acids is 1. The number of methoxy groups -OCH3 is 1. The molecule has 1 aromatic rings. The molecule has 1 atom stereocenters. The summed E-state index contributed by atoms with van der Waals surface area (Å²) in [6, 6.07) is 4.09. The van der Waals surface area contributed by atoms with Crippen molar-refractivity contribution in [3.8, 4) is 17.6 Å². The zero-order chi connectivity index (χ0) is 13.7. The number of phenols is 1. The van der Waals surface area contributed by atoms with E-state index >= 15 is 0 Å². The van der Waals surface area contributed by atoms with Crippen molar-refractivity contribution in [3.05, 3.63) is 23.3 Å². The van der Waals surface area contributed by atoms with Crippen molar-refractivity contribution in [2.75, 3.05) is 7.11 Å². The van der Waals surface area contributed by atoms with Crippen molar-refractivity contribution < 1.29 is 19.7 Å². The molecule has 0 aliphatic rings. The first-order chi connectivity index (χ1) is 8.49. The fourth-order valence-corrected chi connectivity index (χ4v) is 1.57. The highest BCUT2D eigenvalue weighted by Crippen LogP contribution is 2.35. The van der Waals surface area contributed by atoms with Crippen molar-refractivity contribution in [2.24, 2.45) is 5.73 Å². The Bertz CT molecular complexity index is 494. The van der Waals surface area contributed by atoms with Crippen LogP contribution in [0.1, 0.15) is 30.0 Å². The lowest BCUT2D eigenvalue weighted by molar-refractivity contribution is -0.137. The molecule has 1 aromatic carbocycles. The van der Waals surface area contributed by atoms with Gasteiger partial charge in [-0.05, 0) is 12.5 Å². The highest BCUT2D eigenvalue weighted by atomic mass is 16.5. The van der Waals surface area contributed by atoms with Gasteiger partial charge in [-0.1, -0.05) is 0 Å². The monoisotopic (exact) mass is 250 g/mol. The predicted octanol–water partition coefficient (Wildman–Crippen LogP) is 1.14. The quantitative estimate of drug-likeness (QED) is 0.721. The summed E-state index contributed by atoms with van der Waals surface area (Å²) in [6.45, 7) is 0. The number of nitrogens with two attached hydrogens (primary N) is 1. The molecule has 0 spiro atoms. The largest absolute Gasteiger partial charge is 0.504 e. The van der Waals surface area contributed by atoms with Gasteiger partial charge in [-0.2, -0.15) is 5.26 Å². The van der Waals surface area contributed by atoms with E-state index in [1.54, 1.807) is 0 Å². The zero-order valence-electron chi connectivity index (χ0n) is 9.88. The minimum absolute atomic E-state index is 0.111. The van der Waals surface area contributed by atoms with Crippen LogP contribution in [0.25, 0.3) is 0 Å². The normalized spacial score (nSPS) is 11.6. The predicted molar refractivity (Wildman–Crippen MR) is 63.2 cm³/mol. The molecule has 0 bridgehead atoms. The van der Waals surface area contributed by atoms with Gasteiger partial charge in [-0.15, -0.1) is 0 Å². The molecule has 96 valence electrons. The topological polar surface area (TPSA) is 117 Å². The Morgan fingerprint density at radius 2 is 2.28 bits per heavy atom. The van der Waals surface area contributed by atoms with Gasteiger partial charge in [0.25, 0.3) is 0 Å². The Labute approximate surface area is 104 Å². The molecule has 4 N–H and O–H groups in total. The first kappa shape index (κ1) is 13.8. The summed E-state index contributed by atoms with van der Waals surface area (Å²) in [4.78, 5) is 10.5. The Balaban J connectivity index is 3.07. The van der Waals surface area contributed by atoms with E-state index in [1.807, 2.05) is 6.07 Å². The molecule has 6 heteroatoms. The zero-order valence-corrected chi connectivity index (χ0v) is 9.88. The maximum absolute atomic E-state index is 10.5. The molecule has 0 heterocycles. The van der Waals surface area contributed by atoms with Crippen LogP contribution >= 0.6 is 0 Å². The van der Waals surface area contributed by atoms with Gasteiger partial charge >= 0.3 is 5.97 Å². The third kappa shape index (κ3) is 3.12. The third-order valence-corrected chi connectivity index (χ3v) is 2.52. The second-order valence-corrected chi connectivity index (χ2v) is 3.77. The number of nitriles is 1. The summed E-state index contributed by atoms with van der Waals surface area (Å²) in [7, 11) is 1.36. The summed E-state index contributed by atoms with van der Waals surface area (Å²) >= 11 is 0. The molecular weight excluding hydrogens is 236 g/mol. The van der Waals surface area contributed by atoms with Gasteiger partial charge in [0.05, 0.1) is 18.7 Å². The molecule has 0 radical (unpaired) electrons. The van der Waals surface area contributed by atoms with Gasteiger partial charge in [0.15, 0.2) is 11.5 Å². The van der Waals surface area contributed by atoms with Crippen molar-refractivity contribution in [3.63, 3.8) is 0 Å². The van der Waals surface area contributed by atoms with Crippen molar-refractivity contribution in [1.29, 1.82) is 5.26 Å². The van der Waals surface area contributed by atoms with E-state index in [1.165, 1.54) is 19.2 Å². The van der Waals surface area contributed by atoms with E-state index in [-0.39, 0.29) is 24.3 Å². The molecule has 0 saturated carbocycles. The fourth-order valence-electron chi connectivity index (χ4n) is 1.57. The van der Waals surface area contributed by atoms with Gasteiger partial charge in [0.2, 0.25) is 0 Å². The SMILES string of the molecule is COc1cc(C#N)cc(C(N)CCC(=O)O)c1O. The Kier molecular flexibility index (Phi) is 4.52. The Hall–Kier alpha value is -2.26. The average Bonchev–Trinajstić information content (AvgIpc) is 2.36. The molecule has 6 nitrogen and oxygen atoms in total. The third-order valence-electron chi connectivity index (χ3n) is 2.52. The van der Waals surface area contributed by atoms with Crippen molar-refractivity contribution >= 4 is 5.97 Å². The van der Waals surface area contributed by atoms with E-state index < -0.39 is 12.0 Å². The van der Waals surface area contributed by atoms with Gasteiger partial charge in [0, 0.05) is 24.1 Å². The first-order valence-corrected chi connectivity index (χ1v) is 5.28. The number of carboxylic acid groups (broad SMARTS) is 1. The molecular formula is C12H14N2O4. The van der Waals surface area contributed by atoms with Gasteiger partial charge in [-0.25, -0.2) is 0 Å². The van der Waals surface area contributed by atoms with E-state index in [9.17, 15) is 9.90 Å². The number of carbonyl (C=O) groups is 1. The summed E-state index contributed by atoms with van der Waals surface area (Å²) < 4.78 is 4.93. The molecule has 1 rings (SSSR count). The van der Waals surface area contributed by atoms with Gasteiger partial charge in [0.1, 0.15) is 0 Å². The van der Waals surface area contributed by atoms with E-state index in [2.05, 4.69) is 0 Å². The van der Waals surface area contributed by atoms with Crippen LogP contribution in [0.4, 0.5) is 0 Å². The van der Waals surface area contributed by atoms with Crippen molar-refractivity contribution in [2.45, 2.75) is 18.9 Å². The van der Waals surface area contributed by atoms with E-state index in [4.69, 9.17) is 20.8 Å². The molecule has 0 saturated heterocycles. The molecule has 0 aliphatic carbocycles. The van der Waals surface area contributed by atoms with E-state index in [0.29, 0.717) is 11.1 Å². The average molecular weight is 250 g/mol. The molecule has 18 heavy (non-hydrogen) atoms. The molecule has 0 amide bonds. The Morgan fingerprint density at radius 3 is 2.78 bits per heavy atom. The van der Waals surface area contributed by atoms with Crippen molar-refractivity contribution in [1.82, 2.24) is 0 Å². The maximum atomic E-state index is 10.5. The van der Waals surface area contributed by atoms with Crippen LogP contribution < -0.4 is 10.5 Å². The Morgan fingerprint density at radius 1 is 1.61 bits per heavy atom. The van der Waals surface area contributed by atoms with Crippen LogP contribution in [-0.2, 0) is 4.79 Å². The summed E-state index contributed by atoms with van der Waals surface area (Å²) in [5.41, 5.74) is 6.41. The standard InChI is InChI=1S/C12H14N2O4/c1-18-10-5-7(6-13)4-8(12(10)17)9(14)2-3-11(15)16/h4-5,9,17H,2-3,14H2,1H3,(H,15,16). The van der Waals surface area contributed by atoms with Crippen LogP contribution in [0, 0.1) is 11.3 Å². The van der Waals surface area contributed by atoms with Gasteiger partial charge < -0.3 is 20.7 Å². The van der Waals surface area contributed by atoms with Crippen LogP contribution in [0.3, 0.4) is 0 Å². The molecule has 0 fully saturated rings. The minimum atomic E-state index is -0.964. The number of aliphatic carboxylic acids is 1. The van der Waals surface area contributed by atoms with Crippen LogP contribution in [0.5, 0.6) is 11.5 Å². The fraction of sp³-hybridized carbons (Fsp3) is 0.333. The maximum Gasteiger partial charge on any atom is 0.303 e. The number of ether oxygens (including phenoxy) is 1.